The van der Waals surface area contributed by atoms with Crippen LogP contribution in [0.5, 0.6) is 23.0 Å². The number of esters is 1. The Hall–Kier alpha value is -4.21. The monoisotopic (exact) mass is 552 g/mol. The van der Waals surface area contributed by atoms with E-state index in [-0.39, 0.29) is 34.2 Å². The summed E-state index contributed by atoms with van der Waals surface area (Å²) in [5, 5.41) is 6.62. The zero-order valence-corrected chi connectivity index (χ0v) is 21.6. The highest BCUT2D eigenvalue weighted by Gasteiger charge is 2.24. The van der Waals surface area contributed by atoms with Crippen LogP contribution in [0, 0.1) is 0 Å². The molecule has 0 aliphatic heterocycles. The predicted molar refractivity (Wildman–Crippen MR) is 146 cm³/mol. The molecule has 194 valence electrons. The predicted octanol–water partition coefficient (Wildman–Crippen LogP) is 6.43. The van der Waals surface area contributed by atoms with Gasteiger partial charge in [-0.1, -0.05) is 23.2 Å². The van der Waals surface area contributed by atoms with Crippen LogP contribution in [-0.4, -0.2) is 30.1 Å². The number of nitrogens with two attached hydrogens (primary N) is 1. The molecule has 3 aromatic carbocycles. The lowest BCUT2D eigenvalue weighted by atomic mass is 10.1. The number of fused-ring (bicyclic) bond motifs is 1. The molecule has 1 heterocycles. The summed E-state index contributed by atoms with van der Waals surface area (Å²) in [6.45, 7) is 0. The molecule has 1 saturated carbocycles. The molecule has 9 nitrogen and oxygen atoms in total. The number of nitrogens with zero attached hydrogens (tertiary/aromatic N) is 1. The van der Waals surface area contributed by atoms with Gasteiger partial charge in [0.2, 0.25) is 0 Å². The summed E-state index contributed by atoms with van der Waals surface area (Å²) in [5.74, 6) is 0.678. The second kappa shape index (κ2) is 10.6. The number of hydrogen-bond acceptors (Lipinski definition) is 7. The van der Waals surface area contributed by atoms with Gasteiger partial charge in [0.25, 0.3) is 0 Å². The molecule has 11 heteroatoms. The fourth-order valence-corrected chi connectivity index (χ4v) is 4.05. The lowest BCUT2D eigenvalue weighted by molar-refractivity contribution is 0.0731. The molecule has 0 spiro atoms. The molecule has 0 radical (unpaired) electrons. The van der Waals surface area contributed by atoms with Gasteiger partial charge in [0.1, 0.15) is 28.6 Å². The number of amides is 2. The van der Waals surface area contributed by atoms with E-state index in [1.807, 2.05) is 0 Å². The van der Waals surface area contributed by atoms with Crippen LogP contribution in [0.15, 0.2) is 60.8 Å². The highest BCUT2D eigenvalue weighted by Crippen LogP contribution is 2.35. The molecule has 2 amide bonds. The molecule has 0 saturated heterocycles. The Labute approximate surface area is 227 Å². The fraction of sp³-hybridized carbons (Fsp3) is 0.148. The SMILES string of the molecule is COc1cc2nccc(Oc3ccc(N)c(Cl)c3)c2cc1C(=O)Oc1ccc(NC(=O)NC2CC2)c(Cl)c1. The number of anilines is 2. The first kappa shape index (κ1) is 25.4. The molecule has 1 fully saturated rings. The van der Waals surface area contributed by atoms with Crippen molar-refractivity contribution in [3.63, 3.8) is 0 Å². The molecule has 5 rings (SSSR count). The highest BCUT2D eigenvalue weighted by molar-refractivity contribution is 6.34. The van der Waals surface area contributed by atoms with Gasteiger partial charge in [-0.15, -0.1) is 0 Å². The molecule has 4 aromatic rings. The number of pyridine rings is 1. The van der Waals surface area contributed by atoms with Crippen molar-refractivity contribution in [3.8, 4) is 23.0 Å². The smallest absolute Gasteiger partial charge is 0.347 e. The summed E-state index contributed by atoms with van der Waals surface area (Å²) in [4.78, 5) is 29.5. The van der Waals surface area contributed by atoms with Gasteiger partial charge in [-0.25, -0.2) is 9.59 Å². The van der Waals surface area contributed by atoms with Crippen LogP contribution < -0.4 is 30.6 Å². The summed E-state index contributed by atoms with van der Waals surface area (Å²) in [6.07, 6.45) is 3.51. The number of halogens is 2. The van der Waals surface area contributed by atoms with Crippen LogP contribution in [0.25, 0.3) is 10.9 Å². The van der Waals surface area contributed by atoms with E-state index in [2.05, 4.69) is 15.6 Å². The normalized spacial score (nSPS) is 12.6. The molecule has 1 aromatic heterocycles. The maximum atomic E-state index is 13.2. The third-order valence-electron chi connectivity index (χ3n) is 5.75. The maximum absolute atomic E-state index is 13.2. The summed E-state index contributed by atoms with van der Waals surface area (Å²) in [5.41, 5.74) is 7.30. The van der Waals surface area contributed by atoms with Gasteiger partial charge in [-0.3, -0.25) is 4.98 Å². The van der Waals surface area contributed by atoms with Crippen molar-refractivity contribution in [1.82, 2.24) is 10.3 Å². The van der Waals surface area contributed by atoms with Crippen molar-refractivity contribution in [1.29, 1.82) is 0 Å². The summed E-state index contributed by atoms with van der Waals surface area (Å²) in [6, 6.07) is 14.2. The Morgan fingerprint density at radius 1 is 0.974 bits per heavy atom. The van der Waals surface area contributed by atoms with Gasteiger partial charge >= 0.3 is 12.0 Å². The first-order chi connectivity index (χ1) is 18.3. The van der Waals surface area contributed by atoms with Crippen LogP contribution in [0.1, 0.15) is 23.2 Å². The number of carbonyl (C=O) groups is 2. The van der Waals surface area contributed by atoms with Crippen molar-refractivity contribution < 1.29 is 23.8 Å². The second-order valence-corrected chi connectivity index (χ2v) is 9.38. The van der Waals surface area contributed by atoms with Crippen molar-refractivity contribution in [3.05, 3.63) is 76.4 Å². The van der Waals surface area contributed by atoms with Gasteiger partial charge in [-0.05, 0) is 49.2 Å². The Bertz CT molecular complexity index is 1560. The van der Waals surface area contributed by atoms with Gasteiger partial charge in [0, 0.05) is 35.8 Å². The molecule has 0 atom stereocenters. The minimum Gasteiger partial charge on any atom is -0.496 e. The topological polar surface area (TPSA) is 125 Å². The zero-order valence-electron chi connectivity index (χ0n) is 20.1. The second-order valence-electron chi connectivity index (χ2n) is 8.57. The third-order valence-corrected chi connectivity index (χ3v) is 6.39. The van der Waals surface area contributed by atoms with Crippen LogP contribution in [-0.2, 0) is 0 Å². The maximum Gasteiger partial charge on any atom is 0.347 e. The van der Waals surface area contributed by atoms with Gasteiger partial charge in [-0.2, -0.15) is 0 Å². The van der Waals surface area contributed by atoms with Crippen molar-refractivity contribution in [2.45, 2.75) is 18.9 Å². The fourth-order valence-electron chi connectivity index (χ4n) is 3.66. The molecule has 38 heavy (non-hydrogen) atoms. The van der Waals surface area contributed by atoms with Crippen molar-refractivity contribution in [2.75, 3.05) is 18.2 Å². The largest absolute Gasteiger partial charge is 0.496 e. The van der Waals surface area contributed by atoms with Crippen LogP contribution in [0.3, 0.4) is 0 Å². The minimum absolute atomic E-state index is 0.148. The molecule has 1 aliphatic carbocycles. The Morgan fingerprint density at radius 2 is 1.74 bits per heavy atom. The van der Waals surface area contributed by atoms with E-state index in [0.29, 0.717) is 38.8 Å². The number of hydrogen-bond donors (Lipinski definition) is 3. The summed E-state index contributed by atoms with van der Waals surface area (Å²) >= 11 is 12.4. The van der Waals surface area contributed by atoms with Gasteiger partial charge in [0.05, 0.1) is 34.0 Å². The zero-order chi connectivity index (χ0) is 26.8. The third kappa shape index (κ3) is 5.69. The number of ether oxygens (including phenoxy) is 3. The Kier molecular flexibility index (Phi) is 7.13. The van der Waals surface area contributed by atoms with Crippen molar-refractivity contribution >= 4 is 57.5 Å². The molecule has 4 N–H and O–H groups in total. The van der Waals surface area contributed by atoms with Crippen molar-refractivity contribution in [2.24, 2.45) is 0 Å². The van der Waals surface area contributed by atoms with Crippen LogP contribution in [0.2, 0.25) is 10.0 Å². The Morgan fingerprint density at radius 3 is 2.45 bits per heavy atom. The van der Waals surface area contributed by atoms with Gasteiger partial charge in [0.15, 0.2) is 0 Å². The average molecular weight is 553 g/mol. The number of nitrogen functional groups attached to an aromatic ring is 1. The number of urea groups is 1. The van der Waals surface area contributed by atoms with E-state index < -0.39 is 5.97 Å². The quantitative estimate of drug-likeness (QED) is 0.137. The summed E-state index contributed by atoms with van der Waals surface area (Å²) in [7, 11) is 1.44. The standard InChI is InChI=1S/C27H22Cl2N4O5/c1-36-25-13-23-17(24(8-9-31-23)37-15-4-6-21(30)19(28)10-15)12-18(25)26(34)38-16-5-7-22(20(29)11-16)33-27(35)32-14-2-3-14/h4-14H,2-3,30H2,1H3,(H2,32,33,35). The number of aromatic nitrogens is 1. The van der Waals surface area contributed by atoms with E-state index in [0.717, 1.165) is 12.8 Å². The van der Waals surface area contributed by atoms with Crippen LogP contribution in [0.4, 0.5) is 16.2 Å². The van der Waals surface area contributed by atoms with E-state index in [4.69, 9.17) is 43.1 Å². The molecular formula is C27H22Cl2N4O5. The minimum atomic E-state index is -0.683. The highest BCUT2D eigenvalue weighted by atomic mass is 35.5. The molecule has 1 aliphatic rings. The number of rotatable bonds is 7. The molecular weight excluding hydrogens is 531 g/mol. The van der Waals surface area contributed by atoms with E-state index in [1.54, 1.807) is 48.7 Å². The molecule has 0 unspecified atom stereocenters. The van der Waals surface area contributed by atoms with E-state index >= 15 is 0 Å². The number of methoxy groups -OCH3 is 1. The van der Waals surface area contributed by atoms with Crippen LogP contribution >= 0.6 is 23.2 Å². The average Bonchev–Trinajstić information content (AvgIpc) is 3.71. The van der Waals surface area contributed by atoms with E-state index in [1.165, 1.54) is 19.2 Å². The number of benzene rings is 3. The lowest BCUT2D eigenvalue weighted by Gasteiger charge is -2.14. The first-order valence-corrected chi connectivity index (χ1v) is 12.3. The van der Waals surface area contributed by atoms with Gasteiger partial charge < -0.3 is 30.6 Å². The van der Waals surface area contributed by atoms with E-state index in [9.17, 15) is 9.59 Å². The Balaban J connectivity index is 1.39. The number of nitrogens with one attached hydrogen (secondary N) is 2. The first-order valence-electron chi connectivity index (χ1n) is 11.6. The summed E-state index contributed by atoms with van der Waals surface area (Å²) < 4.78 is 17.0. The lowest BCUT2D eigenvalue weighted by Crippen LogP contribution is -2.30. The molecule has 0 bridgehead atoms. The number of carbonyl (C=O) groups excluding carboxylic acids is 2.